The molecule has 1 aromatic rings. The predicted octanol–water partition coefficient (Wildman–Crippen LogP) is 2.52. The Morgan fingerprint density at radius 1 is 1.07 bits per heavy atom. The van der Waals surface area contributed by atoms with E-state index in [0.29, 0.717) is 13.1 Å². The average molecular weight is 503 g/mol. The molecule has 1 aromatic carbocycles. The zero-order chi connectivity index (χ0) is 19.7. The van der Waals surface area contributed by atoms with Crippen LogP contribution in [0, 0.1) is 0 Å². The smallest absolute Gasteiger partial charge is 0.407 e. The first-order chi connectivity index (χ1) is 12.9. The van der Waals surface area contributed by atoms with Gasteiger partial charge in [-0.05, 0) is 26.3 Å². The molecule has 1 amide bonds. The molecule has 158 valence electrons. The molecule has 2 rings (SSSR count). The number of nitrogens with zero attached hydrogens (tertiary/aromatic N) is 3. The molecular formula is C20H34IN5O2. The van der Waals surface area contributed by atoms with Crippen molar-refractivity contribution in [2.24, 2.45) is 4.99 Å². The SMILES string of the molecule is CN=C(NCCNC(=O)OC(C)(C)C)N1CCN(Cc2ccccc2)CC1.I. The first-order valence-electron chi connectivity index (χ1n) is 9.56. The summed E-state index contributed by atoms with van der Waals surface area (Å²) in [5.74, 6) is 0.875. The van der Waals surface area contributed by atoms with E-state index in [2.05, 4.69) is 55.8 Å². The summed E-state index contributed by atoms with van der Waals surface area (Å²) < 4.78 is 5.22. The number of alkyl carbamates (subject to hydrolysis) is 1. The first kappa shape index (κ1) is 24.5. The molecule has 0 atom stereocenters. The summed E-state index contributed by atoms with van der Waals surface area (Å²) in [6.45, 7) is 11.5. The highest BCUT2D eigenvalue weighted by molar-refractivity contribution is 14.0. The summed E-state index contributed by atoms with van der Waals surface area (Å²) in [5, 5.41) is 6.06. The third-order valence-corrected chi connectivity index (χ3v) is 4.21. The molecule has 1 heterocycles. The molecule has 0 spiro atoms. The second kappa shape index (κ2) is 12.1. The fourth-order valence-corrected chi connectivity index (χ4v) is 2.94. The molecule has 0 aromatic heterocycles. The molecular weight excluding hydrogens is 469 g/mol. The number of ether oxygens (including phenoxy) is 1. The normalized spacial score (nSPS) is 15.6. The van der Waals surface area contributed by atoms with E-state index in [9.17, 15) is 4.79 Å². The van der Waals surface area contributed by atoms with E-state index in [4.69, 9.17) is 4.74 Å². The molecule has 7 nitrogen and oxygen atoms in total. The molecule has 1 aliphatic heterocycles. The third kappa shape index (κ3) is 9.09. The van der Waals surface area contributed by atoms with Gasteiger partial charge in [-0.1, -0.05) is 30.3 Å². The molecule has 0 unspecified atom stereocenters. The van der Waals surface area contributed by atoms with E-state index < -0.39 is 11.7 Å². The molecule has 28 heavy (non-hydrogen) atoms. The molecule has 0 saturated carbocycles. The minimum atomic E-state index is -0.479. The van der Waals surface area contributed by atoms with Crippen LogP contribution in [0.5, 0.6) is 0 Å². The van der Waals surface area contributed by atoms with E-state index in [1.807, 2.05) is 20.8 Å². The van der Waals surface area contributed by atoms with E-state index in [0.717, 1.165) is 38.7 Å². The molecule has 1 fully saturated rings. The number of aliphatic imine (C=N–C) groups is 1. The number of benzene rings is 1. The zero-order valence-electron chi connectivity index (χ0n) is 17.4. The Balaban J connectivity index is 0.00000392. The highest BCUT2D eigenvalue weighted by Crippen LogP contribution is 2.08. The number of rotatable bonds is 5. The molecule has 8 heteroatoms. The Morgan fingerprint density at radius 2 is 1.68 bits per heavy atom. The molecule has 1 aliphatic rings. The Bertz CT molecular complexity index is 611. The van der Waals surface area contributed by atoms with Crippen LogP contribution in [0.4, 0.5) is 4.79 Å². The summed E-state index contributed by atoms with van der Waals surface area (Å²) in [6.07, 6.45) is -0.395. The summed E-state index contributed by atoms with van der Waals surface area (Å²) in [6, 6.07) is 10.6. The van der Waals surface area contributed by atoms with E-state index in [1.165, 1.54) is 5.56 Å². The zero-order valence-corrected chi connectivity index (χ0v) is 19.7. The number of carbonyl (C=O) groups excluding carboxylic acids is 1. The lowest BCUT2D eigenvalue weighted by atomic mass is 10.2. The Hall–Kier alpha value is -1.55. The van der Waals surface area contributed by atoms with Gasteiger partial charge in [-0.2, -0.15) is 0 Å². The summed E-state index contributed by atoms with van der Waals surface area (Å²) >= 11 is 0. The van der Waals surface area contributed by atoms with Crippen LogP contribution in [0.15, 0.2) is 35.3 Å². The van der Waals surface area contributed by atoms with Gasteiger partial charge in [-0.25, -0.2) is 4.79 Å². The van der Waals surface area contributed by atoms with Crippen molar-refractivity contribution in [3.63, 3.8) is 0 Å². The van der Waals surface area contributed by atoms with Gasteiger partial charge in [-0.3, -0.25) is 9.89 Å². The van der Waals surface area contributed by atoms with Crippen molar-refractivity contribution in [1.82, 2.24) is 20.4 Å². The van der Waals surface area contributed by atoms with Gasteiger partial charge in [-0.15, -0.1) is 24.0 Å². The third-order valence-electron chi connectivity index (χ3n) is 4.21. The summed E-state index contributed by atoms with van der Waals surface area (Å²) in [4.78, 5) is 20.7. The van der Waals surface area contributed by atoms with Crippen molar-refractivity contribution in [3.05, 3.63) is 35.9 Å². The standard InChI is InChI=1S/C20H33N5O2.HI/c1-20(2,3)27-19(26)23-11-10-22-18(21-4)25-14-12-24(13-15-25)16-17-8-6-5-7-9-17;/h5-9H,10-16H2,1-4H3,(H,21,22)(H,23,26);1H. The molecule has 0 radical (unpaired) electrons. The van der Waals surface area contributed by atoms with Crippen molar-refractivity contribution >= 4 is 36.0 Å². The monoisotopic (exact) mass is 503 g/mol. The van der Waals surface area contributed by atoms with Crippen LogP contribution in [-0.4, -0.2) is 73.8 Å². The van der Waals surface area contributed by atoms with Gasteiger partial charge in [0.05, 0.1) is 0 Å². The van der Waals surface area contributed by atoms with Crippen molar-refractivity contribution in [2.75, 3.05) is 46.3 Å². The van der Waals surface area contributed by atoms with Crippen LogP contribution in [-0.2, 0) is 11.3 Å². The number of nitrogens with one attached hydrogen (secondary N) is 2. The van der Waals surface area contributed by atoms with Crippen molar-refractivity contribution in [1.29, 1.82) is 0 Å². The number of halogens is 1. The highest BCUT2D eigenvalue weighted by atomic mass is 127. The maximum Gasteiger partial charge on any atom is 0.407 e. The lowest BCUT2D eigenvalue weighted by Gasteiger charge is -2.36. The van der Waals surface area contributed by atoms with Gasteiger partial charge >= 0.3 is 6.09 Å². The van der Waals surface area contributed by atoms with Gasteiger partial charge in [0.15, 0.2) is 5.96 Å². The number of piperazine rings is 1. The predicted molar refractivity (Wildman–Crippen MR) is 124 cm³/mol. The quantitative estimate of drug-likeness (QED) is 0.280. The fraction of sp³-hybridized carbons (Fsp3) is 0.600. The summed E-state index contributed by atoms with van der Waals surface area (Å²) in [7, 11) is 1.79. The highest BCUT2D eigenvalue weighted by Gasteiger charge is 2.20. The Morgan fingerprint density at radius 3 is 2.25 bits per heavy atom. The van der Waals surface area contributed by atoms with Gasteiger partial charge in [0.25, 0.3) is 0 Å². The van der Waals surface area contributed by atoms with Crippen LogP contribution >= 0.6 is 24.0 Å². The first-order valence-corrected chi connectivity index (χ1v) is 9.56. The van der Waals surface area contributed by atoms with E-state index in [-0.39, 0.29) is 24.0 Å². The molecule has 2 N–H and O–H groups in total. The Labute approximate surface area is 185 Å². The second-order valence-electron chi connectivity index (χ2n) is 7.65. The topological polar surface area (TPSA) is 69.2 Å². The number of hydrogen-bond donors (Lipinski definition) is 2. The molecule has 0 bridgehead atoms. The average Bonchev–Trinajstić information content (AvgIpc) is 2.62. The van der Waals surface area contributed by atoms with Crippen LogP contribution in [0.2, 0.25) is 0 Å². The van der Waals surface area contributed by atoms with Crippen LogP contribution in [0.25, 0.3) is 0 Å². The van der Waals surface area contributed by atoms with Gasteiger partial charge in [0, 0.05) is 52.9 Å². The number of amides is 1. The number of guanidine groups is 1. The fourth-order valence-electron chi connectivity index (χ4n) is 2.94. The molecule has 1 saturated heterocycles. The van der Waals surface area contributed by atoms with Crippen molar-refractivity contribution in [2.45, 2.75) is 32.9 Å². The number of hydrogen-bond acceptors (Lipinski definition) is 4. The maximum atomic E-state index is 11.7. The van der Waals surface area contributed by atoms with Crippen LogP contribution in [0.3, 0.4) is 0 Å². The van der Waals surface area contributed by atoms with Gasteiger partial charge in [0.1, 0.15) is 5.60 Å². The van der Waals surface area contributed by atoms with Crippen molar-refractivity contribution in [3.8, 4) is 0 Å². The summed E-state index contributed by atoms with van der Waals surface area (Å²) in [5.41, 5.74) is 0.870. The van der Waals surface area contributed by atoms with Crippen molar-refractivity contribution < 1.29 is 9.53 Å². The largest absolute Gasteiger partial charge is 0.444 e. The van der Waals surface area contributed by atoms with Gasteiger partial charge < -0.3 is 20.3 Å². The Kier molecular flexibility index (Phi) is 10.6. The minimum Gasteiger partial charge on any atom is -0.444 e. The van der Waals surface area contributed by atoms with Crippen LogP contribution in [0.1, 0.15) is 26.3 Å². The second-order valence-corrected chi connectivity index (χ2v) is 7.65. The maximum absolute atomic E-state index is 11.7. The van der Waals surface area contributed by atoms with E-state index >= 15 is 0 Å². The van der Waals surface area contributed by atoms with Crippen LogP contribution < -0.4 is 10.6 Å². The molecule has 0 aliphatic carbocycles. The van der Waals surface area contributed by atoms with Gasteiger partial charge in [0.2, 0.25) is 0 Å². The van der Waals surface area contributed by atoms with E-state index in [1.54, 1.807) is 7.05 Å². The lowest BCUT2D eigenvalue weighted by Crippen LogP contribution is -2.53. The number of carbonyl (C=O) groups is 1. The lowest BCUT2D eigenvalue weighted by molar-refractivity contribution is 0.0528. The minimum absolute atomic E-state index is 0.